The summed E-state index contributed by atoms with van der Waals surface area (Å²) in [7, 11) is 0. The van der Waals surface area contributed by atoms with Gasteiger partial charge in [0, 0.05) is 6.04 Å². The van der Waals surface area contributed by atoms with Crippen LogP contribution in [0.25, 0.3) is 0 Å². The summed E-state index contributed by atoms with van der Waals surface area (Å²) in [6.45, 7) is 7.64. The Labute approximate surface area is 136 Å². The molecule has 0 unspecified atom stereocenters. The summed E-state index contributed by atoms with van der Waals surface area (Å²) >= 11 is 0. The van der Waals surface area contributed by atoms with Gasteiger partial charge < -0.3 is 5.32 Å². The van der Waals surface area contributed by atoms with E-state index in [0.717, 1.165) is 17.5 Å². The molecule has 1 aromatic rings. The second-order valence-corrected chi connectivity index (χ2v) is 6.60. The van der Waals surface area contributed by atoms with E-state index >= 15 is 0 Å². The van der Waals surface area contributed by atoms with Crippen molar-refractivity contribution >= 4 is 5.91 Å². The molecule has 1 saturated carbocycles. The van der Waals surface area contributed by atoms with Crippen LogP contribution in [-0.2, 0) is 11.3 Å². The lowest BCUT2D eigenvalue weighted by atomic mass is 9.78. The quantitative estimate of drug-likeness (QED) is 0.919. The maximum absolute atomic E-state index is 12.3. The summed E-state index contributed by atoms with van der Waals surface area (Å²) in [5.74, 6) is 0.784. The standard InChI is InChI=1S/C17H24N4O2/c1-10-6-5-7-15(11(10)2)19-16(22)9-21-17(23)14(8-18)12(3)13(4)20-21/h10-11,15H,5-7,9H2,1-4H3,(H,19,22)/t10-,11-,15+/m0/s1. The van der Waals surface area contributed by atoms with Crippen LogP contribution in [0.5, 0.6) is 0 Å². The number of hydrogen-bond acceptors (Lipinski definition) is 4. The van der Waals surface area contributed by atoms with Crippen molar-refractivity contribution in [2.75, 3.05) is 0 Å². The number of nitriles is 1. The van der Waals surface area contributed by atoms with E-state index in [0.29, 0.717) is 23.1 Å². The van der Waals surface area contributed by atoms with E-state index in [1.54, 1.807) is 13.8 Å². The van der Waals surface area contributed by atoms with Gasteiger partial charge in [-0.15, -0.1) is 0 Å². The van der Waals surface area contributed by atoms with Gasteiger partial charge in [-0.05, 0) is 37.7 Å². The second kappa shape index (κ2) is 6.95. The van der Waals surface area contributed by atoms with Gasteiger partial charge in [-0.25, -0.2) is 4.68 Å². The van der Waals surface area contributed by atoms with Gasteiger partial charge in [-0.1, -0.05) is 26.7 Å². The Hall–Kier alpha value is -2.16. The number of carbonyl (C=O) groups excluding carboxylic acids is 1. The first-order chi connectivity index (χ1) is 10.8. The predicted molar refractivity (Wildman–Crippen MR) is 86.8 cm³/mol. The Kier molecular flexibility index (Phi) is 5.19. The highest BCUT2D eigenvalue weighted by molar-refractivity contribution is 5.76. The number of hydrogen-bond donors (Lipinski definition) is 1. The summed E-state index contributed by atoms with van der Waals surface area (Å²) in [6.07, 6.45) is 3.27. The van der Waals surface area contributed by atoms with Crippen LogP contribution in [0.4, 0.5) is 0 Å². The van der Waals surface area contributed by atoms with Crippen molar-refractivity contribution in [2.45, 2.75) is 59.5 Å². The number of amides is 1. The normalized spacial score (nSPS) is 24.0. The second-order valence-electron chi connectivity index (χ2n) is 6.60. The summed E-state index contributed by atoms with van der Waals surface area (Å²) in [6, 6.07) is 2.05. The van der Waals surface area contributed by atoms with Crippen LogP contribution in [0.1, 0.15) is 49.9 Å². The molecule has 0 radical (unpaired) electrons. The van der Waals surface area contributed by atoms with Crippen molar-refractivity contribution in [1.29, 1.82) is 5.26 Å². The van der Waals surface area contributed by atoms with Crippen LogP contribution >= 0.6 is 0 Å². The number of carbonyl (C=O) groups is 1. The van der Waals surface area contributed by atoms with Gasteiger partial charge >= 0.3 is 0 Å². The lowest BCUT2D eigenvalue weighted by Crippen LogP contribution is -2.46. The minimum absolute atomic E-state index is 0.0601. The first-order valence-electron chi connectivity index (χ1n) is 8.13. The van der Waals surface area contributed by atoms with Gasteiger partial charge in [0.05, 0.1) is 5.69 Å². The number of nitrogens with one attached hydrogen (secondary N) is 1. The van der Waals surface area contributed by atoms with Crippen LogP contribution < -0.4 is 10.9 Å². The molecular formula is C17H24N4O2. The molecule has 1 N–H and O–H groups in total. The Balaban J connectivity index is 2.14. The van der Waals surface area contributed by atoms with Gasteiger partial charge in [-0.2, -0.15) is 10.4 Å². The molecule has 1 aliphatic carbocycles. The van der Waals surface area contributed by atoms with Crippen LogP contribution in [0.15, 0.2) is 4.79 Å². The maximum atomic E-state index is 12.3. The maximum Gasteiger partial charge on any atom is 0.285 e. The molecule has 1 amide bonds. The first kappa shape index (κ1) is 17.2. The third kappa shape index (κ3) is 3.61. The fourth-order valence-corrected chi connectivity index (χ4v) is 3.18. The minimum atomic E-state index is -0.504. The molecule has 3 atom stereocenters. The molecular weight excluding hydrogens is 292 g/mol. The van der Waals surface area contributed by atoms with Crippen LogP contribution in [0.2, 0.25) is 0 Å². The largest absolute Gasteiger partial charge is 0.351 e. The molecule has 0 aliphatic heterocycles. The highest BCUT2D eigenvalue weighted by atomic mass is 16.2. The summed E-state index contributed by atoms with van der Waals surface area (Å²) in [5, 5.41) is 16.3. The summed E-state index contributed by atoms with van der Waals surface area (Å²) in [5.41, 5.74) is 0.721. The SMILES string of the molecule is Cc1nn(CC(=O)N[C@@H]2CCC[C@H](C)[C@@H]2C)c(=O)c(C#N)c1C. The Bertz CT molecular complexity index is 702. The van der Waals surface area contributed by atoms with Crippen LogP contribution in [0, 0.1) is 37.0 Å². The molecule has 1 aromatic heterocycles. The molecule has 2 rings (SSSR count). The monoisotopic (exact) mass is 316 g/mol. The highest BCUT2D eigenvalue weighted by Crippen LogP contribution is 2.29. The van der Waals surface area contributed by atoms with E-state index in [9.17, 15) is 9.59 Å². The van der Waals surface area contributed by atoms with Gasteiger partial charge in [0.25, 0.3) is 5.56 Å². The van der Waals surface area contributed by atoms with Crippen molar-refractivity contribution in [3.05, 3.63) is 27.2 Å². The minimum Gasteiger partial charge on any atom is -0.351 e. The lowest BCUT2D eigenvalue weighted by Gasteiger charge is -2.34. The summed E-state index contributed by atoms with van der Waals surface area (Å²) < 4.78 is 1.09. The van der Waals surface area contributed by atoms with E-state index in [1.807, 2.05) is 6.07 Å². The van der Waals surface area contributed by atoms with Gasteiger partial charge in [-0.3, -0.25) is 9.59 Å². The molecule has 124 valence electrons. The summed E-state index contributed by atoms with van der Waals surface area (Å²) in [4.78, 5) is 24.5. The third-order valence-electron chi connectivity index (χ3n) is 5.10. The molecule has 1 aliphatic rings. The molecule has 0 bridgehead atoms. The number of aromatic nitrogens is 2. The Morgan fingerprint density at radius 2 is 2.09 bits per heavy atom. The molecule has 23 heavy (non-hydrogen) atoms. The lowest BCUT2D eigenvalue weighted by molar-refractivity contribution is -0.123. The van der Waals surface area contributed by atoms with Crippen molar-refractivity contribution in [2.24, 2.45) is 11.8 Å². The zero-order valence-electron chi connectivity index (χ0n) is 14.2. The number of aryl methyl sites for hydroxylation is 1. The van der Waals surface area contributed by atoms with Crippen molar-refractivity contribution < 1.29 is 4.79 Å². The van der Waals surface area contributed by atoms with E-state index in [1.165, 1.54) is 6.42 Å². The van der Waals surface area contributed by atoms with Gasteiger partial charge in [0.15, 0.2) is 0 Å². The zero-order valence-corrected chi connectivity index (χ0v) is 14.2. The average Bonchev–Trinajstić information content (AvgIpc) is 2.50. The topological polar surface area (TPSA) is 87.8 Å². The molecule has 1 fully saturated rings. The van der Waals surface area contributed by atoms with Crippen LogP contribution in [0.3, 0.4) is 0 Å². The first-order valence-corrected chi connectivity index (χ1v) is 8.13. The highest BCUT2D eigenvalue weighted by Gasteiger charge is 2.28. The van der Waals surface area contributed by atoms with Crippen LogP contribution in [-0.4, -0.2) is 21.7 Å². The van der Waals surface area contributed by atoms with Crippen molar-refractivity contribution in [3.63, 3.8) is 0 Å². The molecule has 0 spiro atoms. The average molecular weight is 316 g/mol. The number of nitrogens with zero attached hydrogens (tertiary/aromatic N) is 3. The van der Waals surface area contributed by atoms with E-state index < -0.39 is 5.56 Å². The van der Waals surface area contributed by atoms with E-state index in [4.69, 9.17) is 5.26 Å². The predicted octanol–water partition coefficient (Wildman–Crippen LogP) is 1.67. The molecule has 6 nitrogen and oxygen atoms in total. The third-order valence-corrected chi connectivity index (χ3v) is 5.10. The number of rotatable bonds is 3. The molecule has 0 aromatic carbocycles. The molecule has 0 saturated heterocycles. The molecule has 6 heteroatoms. The van der Waals surface area contributed by atoms with Crippen molar-refractivity contribution in [1.82, 2.24) is 15.1 Å². The Morgan fingerprint density at radius 3 is 2.74 bits per heavy atom. The van der Waals surface area contributed by atoms with E-state index in [2.05, 4.69) is 24.3 Å². The Morgan fingerprint density at radius 1 is 1.39 bits per heavy atom. The van der Waals surface area contributed by atoms with E-state index in [-0.39, 0.29) is 24.1 Å². The fraction of sp³-hybridized carbons (Fsp3) is 0.647. The zero-order chi connectivity index (χ0) is 17.1. The van der Waals surface area contributed by atoms with Gasteiger partial charge in [0.2, 0.25) is 5.91 Å². The van der Waals surface area contributed by atoms with Gasteiger partial charge in [0.1, 0.15) is 18.2 Å². The fourth-order valence-electron chi connectivity index (χ4n) is 3.18. The smallest absolute Gasteiger partial charge is 0.285 e. The molecule has 1 heterocycles. The van der Waals surface area contributed by atoms with Crippen molar-refractivity contribution in [3.8, 4) is 6.07 Å².